The van der Waals surface area contributed by atoms with Gasteiger partial charge in [-0.15, -0.1) is 0 Å². The SMILES string of the molecule is CNC(=O)C(=O)N/N=C\c1cc(Cl)ccc1OCc1cccc(Cl)c1. The molecule has 0 spiro atoms. The van der Waals surface area contributed by atoms with Crippen LogP contribution >= 0.6 is 23.2 Å². The van der Waals surface area contributed by atoms with E-state index in [9.17, 15) is 9.59 Å². The summed E-state index contributed by atoms with van der Waals surface area (Å²) in [5.74, 6) is -1.15. The van der Waals surface area contributed by atoms with E-state index in [0.29, 0.717) is 28.0 Å². The molecule has 2 N–H and O–H groups in total. The van der Waals surface area contributed by atoms with Crippen LogP contribution in [0.2, 0.25) is 10.0 Å². The molecule has 2 aromatic rings. The molecule has 0 fully saturated rings. The molecule has 130 valence electrons. The number of carbonyl (C=O) groups is 2. The van der Waals surface area contributed by atoms with Gasteiger partial charge in [-0.3, -0.25) is 9.59 Å². The Morgan fingerprint density at radius 1 is 1.12 bits per heavy atom. The van der Waals surface area contributed by atoms with Gasteiger partial charge in [-0.25, -0.2) is 5.43 Å². The first-order valence-electron chi connectivity index (χ1n) is 7.21. The number of halogens is 2. The molecule has 0 bridgehead atoms. The number of amides is 2. The zero-order chi connectivity index (χ0) is 18.2. The minimum Gasteiger partial charge on any atom is -0.488 e. The fourth-order valence-corrected chi connectivity index (χ4v) is 2.26. The second-order valence-corrected chi connectivity index (χ2v) is 5.75. The van der Waals surface area contributed by atoms with Gasteiger partial charge in [0.05, 0.1) is 6.21 Å². The summed E-state index contributed by atoms with van der Waals surface area (Å²) < 4.78 is 5.76. The van der Waals surface area contributed by atoms with Crippen molar-refractivity contribution in [3.8, 4) is 5.75 Å². The molecule has 0 unspecified atom stereocenters. The van der Waals surface area contributed by atoms with E-state index in [1.54, 1.807) is 30.3 Å². The molecule has 6 nitrogen and oxygen atoms in total. The van der Waals surface area contributed by atoms with E-state index in [2.05, 4.69) is 15.8 Å². The van der Waals surface area contributed by atoms with Crippen LogP contribution in [0.4, 0.5) is 0 Å². The summed E-state index contributed by atoms with van der Waals surface area (Å²) in [4.78, 5) is 22.5. The van der Waals surface area contributed by atoms with Crippen LogP contribution in [-0.2, 0) is 16.2 Å². The van der Waals surface area contributed by atoms with Crippen LogP contribution in [0.25, 0.3) is 0 Å². The molecule has 0 aromatic heterocycles. The molecular formula is C17H15Cl2N3O3. The lowest BCUT2D eigenvalue weighted by Crippen LogP contribution is -2.35. The van der Waals surface area contributed by atoms with E-state index in [4.69, 9.17) is 27.9 Å². The van der Waals surface area contributed by atoms with Crippen molar-refractivity contribution in [2.75, 3.05) is 7.05 Å². The number of hydrogen-bond acceptors (Lipinski definition) is 4. The van der Waals surface area contributed by atoms with Crippen LogP contribution < -0.4 is 15.5 Å². The van der Waals surface area contributed by atoms with Gasteiger partial charge in [0, 0.05) is 22.7 Å². The van der Waals surface area contributed by atoms with Crippen molar-refractivity contribution in [3.05, 3.63) is 63.6 Å². The molecule has 8 heteroatoms. The monoisotopic (exact) mass is 379 g/mol. The first kappa shape index (κ1) is 18.8. The highest BCUT2D eigenvalue weighted by Gasteiger charge is 2.09. The Balaban J connectivity index is 2.08. The van der Waals surface area contributed by atoms with Gasteiger partial charge in [0.15, 0.2) is 0 Å². The maximum Gasteiger partial charge on any atom is 0.329 e. The van der Waals surface area contributed by atoms with Crippen molar-refractivity contribution in [1.82, 2.24) is 10.7 Å². The second kappa shape index (κ2) is 9.05. The Labute approximate surface area is 154 Å². The standard InChI is InChI=1S/C17H15Cl2N3O3/c1-20-16(23)17(24)22-21-9-12-8-14(19)5-6-15(12)25-10-11-3-2-4-13(18)7-11/h2-9H,10H2,1H3,(H,20,23)(H,22,24)/b21-9-. The summed E-state index contributed by atoms with van der Waals surface area (Å²) in [6.45, 7) is 0.299. The van der Waals surface area contributed by atoms with Gasteiger partial charge < -0.3 is 10.1 Å². The molecule has 0 saturated carbocycles. The van der Waals surface area contributed by atoms with Crippen molar-refractivity contribution in [3.63, 3.8) is 0 Å². The van der Waals surface area contributed by atoms with E-state index in [1.807, 2.05) is 12.1 Å². The Kier molecular flexibility index (Phi) is 6.80. The van der Waals surface area contributed by atoms with Crippen LogP contribution in [0.1, 0.15) is 11.1 Å². The minimum atomic E-state index is -0.873. The zero-order valence-corrected chi connectivity index (χ0v) is 14.8. The topological polar surface area (TPSA) is 79.8 Å². The summed E-state index contributed by atoms with van der Waals surface area (Å²) in [6, 6.07) is 12.3. The molecule has 0 heterocycles. The highest BCUT2D eigenvalue weighted by Crippen LogP contribution is 2.23. The summed E-state index contributed by atoms with van der Waals surface area (Å²) in [7, 11) is 1.35. The third-order valence-corrected chi connectivity index (χ3v) is 3.53. The second-order valence-electron chi connectivity index (χ2n) is 4.88. The van der Waals surface area contributed by atoms with Gasteiger partial charge in [0.2, 0.25) is 0 Å². The molecule has 0 aliphatic rings. The van der Waals surface area contributed by atoms with E-state index in [1.165, 1.54) is 13.3 Å². The number of nitrogens with one attached hydrogen (secondary N) is 2. The average molecular weight is 380 g/mol. The van der Waals surface area contributed by atoms with Crippen LogP contribution in [0.5, 0.6) is 5.75 Å². The normalized spacial score (nSPS) is 10.5. The fraction of sp³-hybridized carbons (Fsp3) is 0.118. The van der Waals surface area contributed by atoms with Crippen LogP contribution in [0, 0.1) is 0 Å². The molecule has 2 aromatic carbocycles. The third-order valence-electron chi connectivity index (χ3n) is 3.06. The molecule has 0 saturated heterocycles. The number of nitrogens with zero attached hydrogens (tertiary/aromatic N) is 1. The van der Waals surface area contributed by atoms with Crippen molar-refractivity contribution >= 4 is 41.2 Å². The molecule has 0 atom stereocenters. The molecule has 0 radical (unpaired) electrons. The van der Waals surface area contributed by atoms with Gasteiger partial charge in [-0.2, -0.15) is 5.10 Å². The van der Waals surface area contributed by atoms with Crippen molar-refractivity contribution < 1.29 is 14.3 Å². The lowest BCUT2D eigenvalue weighted by Gasteiger charge is -2.10. The van der Waals surface area contributed by atoms with Gasteiger partial charge >= 0.3 is 11.8 Å². The highest BCUT2D eigenvalue weighted by molar-refractivity contribution is 6.35. The van der Waals surface area contributed by atoms with Crippen molar-refractivity contribution in [1.29, 1.82) is 0 Å². The van der Waals surface area contributed by atoms with Gasteiger partial charge in [0.25, 0.3) is 0 Å². The Morgan fingerprint density at radius 2 is 1.88 bits per heavy atom. The quantitative estimate of drug-likeness (QED) is 0.476. The van der Waals surface area contributed by atoms with Crippen molar-refractivity contribution in [2.45, 2.75) is 6.61 Å². The van der Waals surface area contributed by atoms with Crippen molar-refractivity contribution in [2.24, 2.45) is 5.10 Å². The molecule has 0 aliphatic carbocycles. The average Bonchev–Trinajstić information content (AvgIpc) is 2.60. The molecule has 25 heavy (non-hydrogen) atoms. The Morgan fingerprint density at radius 3 is 2.60 bits per heavy atom. The maximum absolute atomic E-state index is 11.4. The lowest BCUT2D eigenvalue weighted by atomic mass is 10.2. The Hall–Kier alpha value is -2.57. The number of benzene rings is 2. The molecular weight excluding hydrogens is 365 g/mol. The summed E-state index contributed by atoms with van der Waals surface area (Å²) in [5.41, 5.74) is 3.56. The summed E-state index contributed by atoms with van der Waals surface area (Å²) >= 11 is 11.9. The maximum atomic E-state index is 11.4. The first-order chi connectivity index (χ1) is 12.0. The van der Waals surface area contributed by atoms with Gasteiger partial charge in [-0.05, 0) is 35.9 Å². The molecule has 2 rings (SSSR count). The lowest BCUT2D eigenvalue weighted by molar-refractivity contribution is -0.138. The largest absolute Gasteiger partial charge is 0.488 e. The van der Waals surface area contributed by atoms with Crippen LogP contribution in [0.15, 0.2) is 47.6 Å². The van der Waals surface area contributed by atoms with Crippen LogP contribution in [0.3, 0.4) is 0 Å². The number of carbonyl (C=O) groups excluding carboxylic acids is 2. The van der Waals surface area contributed by atoms with E-state index >= 15 is 0 Å². The van der Waals surface area contributed by atoms with E-state index in [0.717, 1.165) is 5.56 Å². The highest BCUT2D eigenvalue weighted by atomic mass is 35.5. The zero-order valence-electron chi connectivity index (χ0n) is 13.3. The van der Waals surface area contributed by atoms with Gasteiger partial charge in [0.1, 0.15) is 12.4 Å². The predicted molar refractivity (Wildman–Crippen MR) is 97.0 cm³/mol. The predicted octanol–water partition coefficient (Wildman–Crippen LogP) is 2.77. The summed E-state index contributed by atoms with van der Waals surface area (Å²) in [6.07, 6.45) is 1.35. The van der Waals surface area contributed by atoms with E-state index in [-0.39, 0.29) is 0 Å². The Bertz CT molecular complexity index is 809. The fourth-order valence-electron chi connectivity index (χ4n) is 1.86. The smallest absolute Gasteiger partial charge is 0.329 e. The minimum absolute atomic E-state index is 0.299. The van der Waals surface area contributed by atoms with Crippen LogP contribution in [-0.4, -0.2) is 25.1 Å². The first-order valence-corrected chi connectivity index (χ1v) is 7.97. The molecule has 0 aliphatic heterocycles. The number of hydrazone groups is 1. The number of hydrogen-bond donors (Lipinski definition) is 2. The van der Waals surface area contributed by atoms with Gasteiger partial charge in [-0.1, -0.05) is 35.3 Å². The van der Waals surface area contributed by atoms with E-state index < -0.39 is 11.8 Å². The number of rotatable bonds is 5. The summed E-state index contributed by atoms with van der Waals surface area (Å²) in [5, 5.41) is 7.03. The third kappa shape index (κ3) is 5.77. The molecule has 2 amide bonds. The number of likely N-dealkylation sites (N-methyl/N-ethyl adjacent to an activating group) is 1. The number of ether oxygens (including phenoxy) is 1.